The maximum atomic E-state index is 13.0. The quantitative estimate of drug-likeness (QED) is 0.897. The molecular weight excluding hydrogens is 303 g/mol. The molecule has 1 N–H and O–H groups in total. The van der Waals surface area contributed by atoms with E-state index in [0.717, 1.165) is 6.07 Å². The van der Waals surface area contributed by atoms with Crippen LogP contribution >= 0.6 is 11.6 Å². The minimum absolute atomic E-state index is 0.0122. The molecule has 0 aliphatic heterocycles. The van der Waals surface area contributed by atoms with Crippen molar-refractivity contribution in [1.82, 2.24) is 9.97 Å². The third kappa shape index (κ3) is 3.44. The average molecular weight is 316 g/mol. The fourth-order valence-corrected chi connectivity index (χ4v) is 2.26. The lowest BCUT2D eigenvalue weighted by Crippen LogP contribution is -2.16. The number of para-hydroxylation sites is 1. The van der Waals surface area contributed by atoms with Crippen molar-refractivity contribution in [1.29, 1.82) is 0 Å². The average Bonchev–Trinajstić information content (AvgIpc) is 2.40. The van der Waals surface area contributed by atoms with E-state index in [1.54, 1.807) is 13.8 Å². The minimum atomic E-state index is -4.48. The molecule has 1 unspecified atom stereocenters. The molecule has 3 nitrogen and oxygen atoms in total. The van der Waals surface area contributed by atoms with Gasteiger partial charge in [0.1, 0.15) is 0 Å². The van der Waals surface area contributed by atoms with Crippen LogP contribution < -0.4 is 5.32 Å². The SMILES string of the molecule is Cc1nccnc1C(C)Nc1c(Cl)cccc1C(F)(F)F. The Labute approximate surface area is 125 Å². The highest BCUT2D eigenvalue weighted by atomic mass is 35.5. The van der Waals surface area contributed by atoms with Crippen molar-refractivity contribution in [2.45, 2.75) is 26.1 Å². The molecule has 1 aromatic carbocycles. The number of halogens is 4. The first-order valence-corrected chi connectivity index (χ1v) is 6.58. The van der Waals surface area contributed by atoms with Crippen molar-refractivity contribution in [2.24, 2.45) is 0 Å². The molecule has 0 aliphatic carbocycles. The van der Waals surface area contributed by atoms with E-state index >= 15 is 0 Å². The molecule has 0 saturated carbocycles. The standard InChI is InChI=1S/C14H13ClF3N3/c1-8-12(20-7-6-19-8)9(2)21-13-10(14(16,17)18)4-3-5-11(13)15/h3-7,9,21H,1-2H3. The van der Waals surface area contributed by atoms with Crippen molar-refractivity contribution >= 4 is 17.3 Å². The molecule has 0 fully saturated rings. The monoisotopic (exact) mass is 315 g/mol. The van der Waals surface area contributed by atoms with E-state index in [2.05, 4.69) is 15.3 Å². The first kappa shape index (κ1) is 15.6. The first-order valence-electron chi connectivity index (χ1n) is 6.20. The fourth-order valence-electron chi connectivity index (χ4n) is 2.04. The second-order valence-corrected chi connectivity index (χ2v) is 4.96. The maximum absolute atomic E-state index is 13.0. The Bertz CT molecular complexity index is 644. The molecule has 21 heavy (non-hydrogen) atoms. The number of aryl methyl sites for hydroxylation is 1. The van der Waals surface area contributed by atoms with Gasteiger partial charge in [-0.2, -0.15) is 13.2 Å². The Hall–Kier alpha value is -1.82. The predicted octanol–water partition coefficient (Wildman–Crippen LogP) is 4.63. The van der Waals surface area contributed by atoms with Crippen LogP contribution in [-0.4, -0.2) is 9.97 Å². The van der Waals surface area contributed by atoms with E-state index in [9.17, 15) is 13.2 Å². The summed E-state index contributed by atoms with van der Waals surface area (Å²) in [6.07, 6.45) is -1.45. The third-order valence-corrected chi connectivity index (χ3v) is 3.32. The van der Waals surface area contributed by atoms with Gasteiger partial charge in [0.05, 0.1) is 33.7 Å². The van der Waals surface area contributed by atoms with Gasteiger partial charge in [-0.3, -0.25) is 9.97 Å². The molecule has 0 saturated heterocycles. The number of hydrogen-bond acceptors (Lipinski definition) is 3. The summed E-state index contributed by atoms with van der Waals surface area (Å²) in [5, 5.41) is 2.80. The van der Waals surface area contributed by atoms with Crippen molar-refractivity contribution in [3.63, 3.8) is 0 Å². The smallest absolute Gasteiger partial charge is 0.375 e. The minimum Gasteiger partial charge on any atom is -0.375 e. The number of alkyl halides is 3. The summed E-state index contributed by atoms with van der Waals surface area (Å²) < 4.78 is 39.1. The van der Waals surface area contributed by atoms with E-state index in [-0.39, 0.29) is 10.7 Å². The molecule has 1 aromatic heterocycles. The molecule has 0 spiro atoms. The fraction of sp³-hybridized carbons (Fsp3) is 0.286. The molecule has 1 heterocycles. The molecule has 112 valence electrons. The van der Waals surface area contributed by atoms with Crippen molar-refractivity contribution in [3.8, 4) is 0 Å². The summed E-state index contributed by atoms with van der Waals surface area (Å²) >= 11 is 5.91. The zero-order chi connectivity index (χ0) is 15.6. The number of aromatic nitrogens is 2. The van der Waals surface area contributed by atoms with Gasteiger partial charge in [-0.05, 0) is 26.0 Å². The summed E-state index contributed by atoms with van der Waals surface area (Å²) in [6.45, 7) is 3.46. The predicted molar refractivity (Wildman–Crippen MR) is 75.3 cm³/mol. The lowest BCUT2D eigenvalue weighted by Gasteiger charge is -2.20. The maximum Gasteiger partial charge on any atom is 0.418 e. The van der Waals surface area contributed by atoms with E-state index in [1.807, 2.05) is 0 Å². The molecule has 0 bridgehead atoms. The van der Waals surface area contributed by atoms with Crippen LogP contribution in [0.25, 0.3) is 0 Å². The highest BCUT2D eigenvalue weighted by molar-refractivity contribution is 6.33. The zero-order valence-electron chi connectivity index (χ0n) is 11.4. The number of hydrogen-bond donors (Lipinski definition) is 1. The van der Waals surface area contributed by atoms with Gasteiger partial charge < -0.3 is 5.32 Å². The van der Waals surface area contributed by atoms with E-state index in [1.165, 1.54) is 24.5 Å². The van der Waals surface area contributed by atoms with Gasteiger partial charge in [0, 0.05) is 12.4 Å². The Morgan fingerprint density at radius 3 is 2.48 bits per heavy atom. The van der Waals surface area contributed by atoms with Crippen LogP contribution in [0.1, 0.15) is 29.9 Å². The summed E-state index contributed by atoms with van der Waals surface area (Å²) in [6, 6.07) is 3.22. The van der Waals surface area contributed by atoms with Gasteiger partial charge in [-0.15, -0.1) is 0 Å². The van der Waals surface area contributed by atoms with Gasteiger partial charge in [0.2, 0.25) is 0 Å². The van der Waals surface area contributed by atoms with Crippen LogP contribution in [0.15, 0.2) is 30.6 Å². The highest BCUT2D eigenvalue weighted by Crippen LogP contribution is 2.39. The molecule has 0 aliphatic rings. The summed E-state index contributed by atoms with van der Waals surface area (Å²) in [5.41, 5.74) is 0.274. The number of benzene rings is 1. The van der Waals surface area contributed by atoms with Crippen LogP contribution in [0.3, 0.4) is 0 Å². The van der Waals surface area contributed by atoms with Crippen LogP contribution in [-0.2, 0) is 6.18 Å². The molecule has 7 heteroatoms. The number of rotatable bonds is 3. The first-order chi connectivity index (χ1) is 9.80. The third-order valence-electron chi connectivity index (χ3n) is 3.01. The van der Waals surface area contributed by atoms with Crippen molar-refractivity contribution < 1.29 is 13.2 Å². The Kier molecular flexibility index (Phi) is 4.37. The molecule has 2 aromatic rings. The highest BCUT2D eigenvalue weighted by Gasteiger charge is 2.34. The molecular formula is C14H13ClF3N3. The largest absolute Gasteiger partial charge is 0.418 e. The van der Waals surface area contributed by atoms with Gasteiger partial charge in [0.25, 0.3) is 0 Å². The lowest BCUT2D eigenvalue weighted by molar-refractivity contribution is -0.137. The van der Waals surface area contributed by atoms with Crippen LogP contribution in [0, 0.1) is 6.92 Å². The number of anilines is 1. The molecule has 1 atom stereocenters. The zero-order valence-corrected chi connectivity index (χ0v) is 12.1. The normalized spacial score (nSPS) is 13.0. The Morgan fingerprint density at radius 2 is 1.86 bits per heavy atom. The summed E-state index contributed by atoms with van der Waals surface area (Å²) in [4.78, 5) is 8.22. The molecule has 0 radical (unpaired) electrons. The number of nitrogens with zero attached hydrogens (tertiary/aromatic N) is 2. The van der Waals surface area contributed by atoms with E-state index in [4.69, 9.17) is 11.6 Å². The number of nitrogens with one attached hydrogen (secondary N) is 1. The topological polar surface area (TPSA) is 37.8 Å². The lowest BCUT2D eigenvalue weighted by atomic mass is 10.1. The van der Waals surface area contributed by atoms with E-state index in [0.29, 0.717) is 11.4 Å². The van der Waals surface area contributed by atoms with Gasteiger partial charge >= 0.3 is 6.18 Å². The second kappa shape index (κ2) is 5.89. The second-order valence-electron chi connectivity index (χ2n) is 4.55. The Balaban J connectivity index is 2.38. The van der Waals surface area contributed by atoms with Crippen LogP contribution in [0.4, 0.5) is 18.9 Å². The summed E-state index contributed by atoms with van der Waals surface area (Å²) in [7, 11) is 0. The molecule has 2 rings (SSSR count). The van der Waals surface area contributed by atoms with Crippen molar-refractivity contribution in [2.75, 3.05) is 5.32 Å². The van der Waals surface area contributed by atoms with Crippen molar-refractivity contribution in [3.05, 3.63) is 52.6 Å². The van der Waals surface area contributed by atoms with Crippen LogP contribution in [0.2, 0.25) is 5.02 Å². The van der Waals surface area contributed by atoms with Gasteiger partial charge in [-0.1, -0.05) is 17.7 Å². The van der Waals surface area contributed by atoms with Gasteiger partial charge in [-0.25, -0.2) is 0 Å². The van der Waals surface area contributed by atoms with E-state index < -0.39 is 17.8 Å². The Morgan fingerprint density at radius 1 is 1.19 bits per heavy atom. The van der Waals surface area contributed by atoms with Gasteiger partial charge in [0.15, 0.2) is 0 Å². The summed E-state index contributed by atoms with van der Waals surface area (Å²) in [5.74, 6) is 0. The van der Waals surface area contributed by atoms with Crippen LogP contribution in [0.5, 0.6) is 0 Å². The molecule has 0 amide bonds.